The first kappa shape index (κ1) is 12.7. The normalized spacial score (nSPS) is 12.2. The molecule has 0 spiro atoms. The van der Waals surface area contributed by atoms with E-state index in [0.717, 1.165) is 12.1 Å². The maximum Gasteiger partial charge on any atom is 0.416 e. The zero-order valence-corrected chi connectivity index (χ0v) is 10.8. The van der Waals surface area contributed by atoms with Gasteiger partial charge >= 0.3 is 6.18 Å². The van der Waals surface area contributed by atoms with Gasteiger partial charge in [-0.15, -0.1) is 0 Å². The Bertz CT molecular complexity index is 783. The quantitative estimate of drug-likeness (QED) is 0.686. The molecule has 0 bridgehead atoms. The maximum atomic E-state index is 12.8. The van der Waals surface area contributed by atoms with Gasteiger partial charge in [0.1, 0.15) is 0 Å². The molecule has 7 heteroatoms. The van der Waals surface area contributed by atoms with E-state index in [-0.39, 0.29) is 0 Å². The number of fused-ring (bicyclic) bond motifs is 1. The van der Waals surface area contributed by atoms with E-state index < -0.39 is 11.7 Å². The minimum Gasteiger partial charge on any atom is -0.275 e. The van der Waals surface area contributed by atoms with Gasteiger partial charge in [0.15, 0.2) is 0 Å². The number of halogens is 3. The van der Waals surface area contributed by atoms with Crippen LogP contribution in [0.25, 0.3) is 16.8 Å². The summed E-state index contributed by atoms with van der Waals surface area (Å²) in [5, 5.41) is 8.46. The fourth-order valence-corrected chi connectivity index (χ4v) is 2.20. The number of aryl methyl sites for hydroxylation is 2. The lowest BCUT2D eigenvalue weighted by Gasteiger charge is -2.06. The van der Waals surface area contributed by atoms with E-state index in [1.54, 1.807) is 30.9 Å². The lowest BCUT2D eigenvalue weighted by atomic mass is 10.1. The Morgan fingerprint density at radius 3 is 2.45 bits per heavy atom. The van der Waals surface area contributed by atoms with Gasteiger partial charge in [0.25, 0.3) is 0 Å². The Hall–Kier alpha value is -2.31. The molecule has 0 aliphatic rings. The molecule has 0 unspecified atom stereocenters. The molecule has 0 radical (unpaired) electrons. The summed E-state index contributed by atoms with van der Waals surface area (Å²) in [5.74, 6) is 0. The first-order valence-electron chi connectivity index (χ1n) is 5.92. The van der Waals surface area contributed by atoms with Crippen molar-refractivity contribution < 1.29 is 13.2 Å². The van der Waals surface area contributed by atoms with Gasteiger partial charge in [-0.3, -0.25) is 4.68 Å². The molecule has 0 aromatic carbocycles. The number of alkyl halides is 3. The van der Waals surface area contributed by atoms with E-state index >= 15 is 0 Å². The number of aromatic nitrogens is 4. The molecule has 3 rings (SSSR count). The molecule has 0 N–H and O–H groups in total. The highest BCUT2D eigenvalue weighted by Crippen LogP contribution is 2.33. The second-order valence-corrected chi connectivity index (χ2v) is 4.58. The highest BCUT2D eigenvalue weighted by atomic mass is 19.4. The molecule has 4 nitrogen and oxygen atoms in total. The van der Waals surface area contributed by atoms with Gasteiger partial charge < -0.3 is 0 Å². The van der Waals surface area contributed by atoms with Crippen molar-refractivity contribution in [2.75, 3.05) is 0 Å². The predicted octanol–water partition coefficient (Wildman–Crippen LogP) is 3.06. The van der Waals surface area contributed by atoms with E-state index in [0.29, 0.717) is 22.5 Å². The molecule has 3 aromatic heterocycles. The Labute approximate surface area is 112 Å². The second-order valence-electron chi connectivity index (χ2n) is 4.58. The van der Waals surface area contributed by atoms with Crippen molar-refractivity contribution in [2.24, 2.45) is 7.05 Å². The number of hydrogen-bond donors (Lipinski definition) is 0. The average Bonchev–Trinajstić information content (AvgIpc) is 2.89. The van der Waals surface area contributed by atoms with E-state index in [2.05, 4.69) is 10.2 Å². The fraction of sp³-hybridized carbons (Fsp3) is 0.231. The van der Waals surface area contributed by atoms with Crippen LogP contribution in [0, 0.1) is 6.92 Å². The number of pyridine rings is 1. The molecule has 0 aliphatic carbocycles. The summed E-state index contributed by atoms with van der Waals surface area (Å²) in [5.41, 5.74) is 1.58. The first-order valence-corrected chi connectivity index (χ1v) is 5.92. The van der Waals surface area contributed by atoms with Crippen LogP contribution in [0.15, 0.2) is 30.6 Å². The van der Waals surface area contributed by atoms with Crippen LogP contribution in [0.3, 0.4) is 0 Å². The van der Waals surface area contributed by atoms with Crippen LogP contribution in [0.2, 0.25) is 0 Å². The zero-order valence-electron chi connectivity index (χ0n) is 10.8. The van der Waals surface area contributed by atoms with Crippen molar-refractivity contribution in [1.29, 1.82) is 0 Å². The standard InChI is InChI=1S/C13H11F3N4/c1-8-12(10-4-5-19(2)18-10)11-7-9(13(14,15)16)3-6-20(11)17-8/h3-7H,1-2H3. The summed E-state index contributed by atoms with van der Waals surface area (Å²) < 4.78 is 41.5. The molecular formula is C13H11F3N4. The van der Waals surface area contributed by atoms with Crippen LogP contribution in [-0.4, -0.2) is 19.4 Å². The van der Waals surface area contributed by atoms with E-state index in [1.165, 1.54) is 10.7 Å². The molecular weight excluding hydrogens is 269 g/mol. The monoisotopic (exact) mass is 280 g/mol. The minimum absolute atomic E-state index is 0.399. The van der Waals surface area contributed by atoms with Gasteiger partial charge in [-0.05, 0) is 25.1 Å². The highest BCUT2D eigenvalue weighted by Gasteiger charge is 2.31. The van der Waals surface area contributed by atoms with Crippen molar-refractivity contribution in [3.8, 4) is 11.3 Å². The maximum absolute atomic E-state index is 12.8. The summed E-state index contributed by atoms with van der Waals surface area (Å²) in [6.07, 6.45) is -1.31. The minimum atomic E-state index is -4.37. The van der Waals surface area contributed by atoms with E-state index in [1.807, 2.05) is 0 Å². The third-order valence-corrected chi connectivity index (χ3v) is 3.11. The molecule has 104 valence electrons. The molecule has 0 saturated heterocycles. The Balaban J connectivity index is 2.28. The summed E-state index contributed by atoms with van der Waals surface area (Å²) in [6.45, 7) is 1.75. The summed E-state index contributed by atoms with van der Waals surface area (Å²) >= 11 is 0. The van der Waals surface area contributed by atoms with Crippen LogP contribution in [-0.2, 0) is 13.2 Å². The SMILES string of the molecule is Cc1nn2ccc(C(F)(F)F)cc2c1-c1ccn(C)n1. The van der Waals surface area contributed by atoms with Crippen LogP contribution in [0.5, 0.6) is 0 Å². The third kappa shape index (κ3) is 1.95. The van der Waals surface area contributed by atoms with E-state index in [9.17, 15) is 13.2 Å². The molecule has 3 aromatic rings. The fourth-order valence-electron chi connectivity index (χ4n) is 2.20. The van der Waals surface area contributed by atoms with Gasteiger partial charge in [-0.1, -0.05) is 0 Å². The van der Waals surface area contributed by atoms with Crippen molar-refractivity contribution in [3.05, 3.63) is 41.9 Å². The lowest BCUT2D eigenvalue weighted by Crippen LogP contribution is -2.05. The predicted molar refractivity (Wildman–Crippen MR) is 67.1 cm³/mol. The number of nitrogens with zero attached hydrogens (tertiary/aromatic N) is 4. The summed E-state index contributed by atoms with van der Waals surface area (Å²) in [4.78, 5) is 0. The first-order chi connectivity index (χ1) is 9.36. The van der Waals surface area contributed by atoms with Crippen LogP contribution >= 0.6 is 0 Å². The second kappa shape index (κ2) is 4.09. The highest BCUT2D eigenvalue weighted by molar-refractivity contribution is 5.80. The molecule has 0 fully saturated rings. The Kier molecular flexibility index (Phi) is 2.60. The molecule has 20 heavy (non-hydrogen) atoms. The van der Waals surface area contributed by atoms with Gasteiger partial charge in [0.2, 0.25) is 0 Å². The van der Waals surface area contributed by atoms with Gasteiger partial charge in [-0.2, -0.15) is 23.4 Å². The molecule has 0 amide bonds. The zero-order chi connectivity index (χ0) is 14.5. The Morgan fingerprint density at radius 1 is 1.10 bits per heavy atom. The lowest BCUT2D eigenvalue weighted by molar-refractivity contribution is -0.137. The molecule has 3 heterocycles. The molecule has 0 saturated carbocycles. The van der Waals surface area contributed by atoms with Gasteiger partial charge in [0.05, 0.1) is 28.0 Å². The largest absolute Gasteiger partial charge is 0.416 e. The third-order valence-electron chi connectivity index (χ3n) is 3.11. The van der Waals surface area contributed by atoms with Crippen molar-refractivity contribution >= 4 is 5.52 Å². The number of hydrogen-bond acceptors (Lipinski definition) is 2. The van der Waals surface area contributed by atoms with Crippen LogP contribution in [0.4, 0.5) is 13.2 Å². The van der Waals surface area contributed by atoms with Crippen LogP contribution in [0.1, 0.15) is 11.3 Å². The van der Waals surface area contributed by atoms with E-state index in [4.69, 9.17) is 0 Å². The topological polar surface area (TPSA) is 35.1 Å². The number of rotatable bonds is 1. The van der Waals surface area contributed by atoms with Crippen molar-refractivity contribution in [3.63, 3.8) is 0 Å². The molecule has 0 aliphatic heterocycles. The smallest absolute Gasteiger partial charge is 0.275 e. The average molecular weight is 280 g/mol. The van der Waals surface area contributed by atoms with Crippen LogP contribution < -0.4 is 0 Å². The van der Waals surface area contributed by atoms with Crippen molar-refractivity contribution in [1.82, 2.24) is 19.4 Å². The Morgan fingerprint density at radius 2 is 1.85 bits per heavy atom. The summed E-state index contributed by atoms with van der Waals surface area (Å²) in [7, 11) is 1.76. The van der Waals surface area contributed by atoms with Gasteiger partial charge in [0, 0.05) is 19.4 Å². The van der Waals surface area contributed by atoms with Crippen molar-refractivity contribution in [2.45, 2.75) is 13.1 Å². The van der Waals surface area contributed by atoms with Gasteiger partial charge in [-0.25, -0.2) is 4.52 Å². The molecule has 0 atom stereocenters. The summed E-state index contributed by atoms with van der Waals surface area (Å²) in [6, 6.07) is 3.87.